The molecule has 2 aliphatic heterocycles. The van der Waals surface area contributed by atoms with Crippen molar-refractivity contribution in [2.75, 3.05) is 21.3 Å². The smallest absolute Gasteiger partial charge is 0.176 e. The van der Waals surface area contributed by atoms with Crippen LogP contribution in [0.15, 0.2) is 137 Å². The van der Waals surface area contributed by atoms with Crippen LogP contribution in [-0.2, 0) is 0 Å². The number of hydrogen-bond donors (Lipinski definition) is 2. The molecule has 5 heterocycles. The van der Waals surface area contributed by atoms with Crippen molar-refractivity contribution in [1.29, 1.82) is 0 Å². The summed E-state index contributed by atoms with van der Waals surface area (Å²) in [6, 6.07) is 38.0. The lowest BCUT2D eigenvalue weighted by Crippen LogP contribution is -2.04. The number of benzene rings is 5. The van der Waals surface area contributed by atoms with Gasteiger partial charge in [-0.1, -0.05) is 66.4 Å². The van der Waals surface area contributed by atoms with Gasteiger partial charge in [-0.15, -0.1) is 0 Å². The van der Waals surface area contributed by atoms with Gasteiger partial charge in [0.15, 0.2) is 23.3 Å². The van der Waals surface area contributed by atoms with Crippen molar-refractivity contribution in [2.24, 2.45) is 0 Å². The molecule has 12 heteroatoms. The maximum Gasteiger partial charge on any atom is 0.176 e. The van der Waals surface area contributed by atoms with E-state index in [0.717, 1.165) is 27.8 Å². The summed E-state index contributed by atoms with van der Waals surface area (Å²) in [5.74, 6) is -4.23. The molecule has 0 radical (unpaired) electrons. The minimum Gasteiger partial charge on any atom is -0.497 e. The summed E-state index contributed by atoms with van der Waals surface area (Å²) in [7, 11) is 4.77. The van der Waals surface area contributed by atoms with E-state index < -0.39 is 33.7 Å². The molecule has 5 aromatic carbocycles. The van der Waals surface area contributed by atoms with Crippen molar-refractivity contribution in [1.82, 2.24) is 19.9 Å². The van der Waals surface area contributed by atoms with Gasteiger partial charge in [0, 0.05) is 49.2 Å². The van der Waals surface area contributed by atoms with Gasteiger partial charge in [0.05, 0.1) is 54.6 Å². The number of halogens is 4. The second kappa shape index (κ2) is 17.0. The van der Waals surface area contributed by atoms with E-state index >= 15 is 17.6 Å². The summed E-state index contributed by atoms with van der Waals surface area (Å²) in [4.78, 5) is 16.9. The van der Waals surface area contributed by atoms with Crippen molar-refractivity contribution in [3.8, 4) is 61.8 Å². The van der Waals surface area contributed by atoms with Gasteiger partial charge in [-0.3, -0.25) is 0 Å². The normalized spacial score (nSPS) is 11.9. The maximum atomic E-state index is 16.8. The molecule has 0 unspecified atom stereocenters. The Bertz CT molecular complexity index is 3310. The number of fused-ring (bicyclic) bond motifs is 8. The summed E-state index contributed by atoms with van der Waals surface area (Å²) in [5.41, 5.74) is 7.06. The van der Waals surface area contributed by atoms with Crippen LogP contribution in [0.1, 0.15) is 22.8 Å². The van der Waals surface area contributed by atoms with E-state index in [4.69, 9.17) is 24.2 Å². The van der Waals surface area contributed by atoms with Crippen molar-refractivity contribution in [3.63, 3.8) is 0 Å². The first-order valence-corrected chi connectivity index (χ1v) is 21.2. The fourth-order valence-corrected chi connectivity index (χ4v) is 9.07. The molecular weight excluding hydrogens is 849 g/mol. The molecule has 65 heavy (non-hydrogen) atoms. The van der Waals surface area contributed by atoms with E-state index in [1.54, 1.807) is 75.9 Å². The number of hydrogen-bond acceptors (Lipinski definition) is 6. The van der Waals surface area contributed by atoms with E-state index in [0.29, 0.717) is 73.1 Å². The summed E-state index contributed by atoms with van der Waals surface area (Å²) in [5, 5.41) is 0. The van der Waals surface area contributed by atoms with E-state index in [2.05, 4.69) is 9.97 Å². The number of aromatic amines is 2. The predicted molar refractivity (Wildman–Crippen MR) is 251 cm³/mol. The highest BCUT2D eigenvalue weighted by Crippen LogP contribution is 2.43. The fraction of sp³-hybridized carbons (Fsp3) is 0.0566. The van der Waals surface area contributed by atoms with Crippen molar-refractivity contribution in [2.45, 2.75) is 9.79 Å². The average Bonchev–Trinajstić information content (AvgIpc) is 4.20. The van der Waals surface area contributed by atoms with Crippen LogP contribution in [-0.4, -0.2) is 41.3 Å². The van der Waals surface area contributed by atoms with E-state index in [9.17, 15) is 0 Å². The Labute approximate surface area is 374 Å². The largest absolute Gasteiger partial charge is 0.497 e. The first kappa shape index (κ1) is 41.2. The Hall–Kier alpha value is -7.83. The van der Waals surface area contributed by atoms with E-state index in [-0.39, 0.29) is 16.8 Å². The number of H-pyrrole nitrogens is 2. The van der Waals surface area contributed by atoms with Gasteiger partial charge in [-0.25, -0.2) is 27.5 Å². The zero-order valence-corrected chi connectivity index (χ0v) is 35.8. The molecule has 0 saturated carbocycles. The Kier molecular flexibility index (Phi) is 10.8. The lowest BCUT2D eigenvalue weighted by atomic mass is 10.0. The van der Waals surface area contributed by atoms with E-state index in [1.807, 2.05) is 97.1 Å². The Balaban J connectivity index is 1.35. The van der Waals surface area contributed by atoms with Crippen LogP contribution in [0.5, 0.6) is 17.2 Å². The minimum atomic E-state index is -1.57. The molecule has 7 nitrogen and oxygen atoms in total. The monoisotopic (exact) mass is 884 g/mol. The van der Waals surface area contributed by atoms with Gasteiger partial charge >= 0.3 is 0 Å². The minimum absolute atomic E-state index is 0.0588. The van der Waals surface area contributed by atoms with Gasteiger partial charge in [0.25, 0.3) is 0 Å². The summed E-state index contributed by atoms with van der Waals surface area (Å²) in [6.45, 7) is 0. The predicted octanol–water partition coefficient (Wildman–Crippen LogP) is 14.1. The van der Waals surface area contributed by atoms with Crippen molar-refractivity contribution < 1.29 is 31.8 Å². The van der Waals surface area contributed by atoms with E-state index in [1.165, 1.54) is 0 Å². The third-order valence-electron chi connectivity index (χ3n) is 11.3. The first-order chi connectivity index (χ1) is 31.7. The Morgan fingerprint density at radius 1 is 0.385 bits per heavy atom. The molecule has 2 N–H and O–H groups in total. The quantitative estimate of drug-likeness (QED) is 0.111. The molecule has 10 rings (SSSR count). The number of nitrogens with one attached hydrogen (secondary N) is 2. The number of methoxy groups -OCH3 is 3. The molecule has 0 saturated heterocycles. The van der Waals surface area contributed by atoms with Crippen molar-refractivity contribution in [3.05, 3.63) is 173 Å². The molecule has 0 spiro atoms. The topological polar surface area (TPSA) is 85.1 Å². The second-order valence-electron chi connectivity index (χ2n) is 15.1. The average molecular weight is 885 g/mol. The van der Waals surface area contributed by atoms with Crippen LogP contribution < -0.4 is 14.2 Å². The molecule has 0 aliphatic carbocycles. The van der Waals surface area contributed by atoms with Crippen LogP contribution in [0.2, 0.25) is 0 Å². The molecule has 0 fully saturated rings. The third-order valence-corrected chi connectivity index (χ3v) is 12.4. The fourth-order valence-electron chi connectivity index (χ4n) is 8.18. The molecule has 320 valence electrons. The lowest BCUT2D eigenvalue weighted by molar-refractivity contribution is 0.415. The number of rotatable bonds is 9. The first-order valence-electron chi connectivity index (χ1n) is 20.4. The third kappa shape index (κ3) is 7.51. The van der Waals surface area contributed by atoms with Crippen LogP contribution in [0, 0.1) is 23.3 Å². The van der Waals surface area contributed by atoms with Crippen LogP contribution in [0.25, 0.3) is 90.9 Å². The number of nitrogens with zero attached hydrogens (tertiary/aromatic N) is 2. The summed E-state index contributed by atoms with van der Waals surface area (Å²) in [6.07, 6.45) is 7.14. The highest BCUT2D eigenvalue weighted by Gasteiger charge is 2.30. The van der Waals surface area contributed by atoms with Gasteiger partial charge < -0.3 is 24.2 Å². The zero-order valence-electron chi connectivity index (χ0n) is 35.0. The highest BCUT2D eigenvalue weighted by molar-refractivity contribution is 7.99. The van der Waals surface area contributed by atoms with Gasteiger partial charge in [-0.2, -0.15) is 0 Å². The maximum absolute atomic E-state index is 16.8. The second-order valence-corrected chi connectivity index (χ2v) is 16.1. The molecule has 8 aromatic rings. The molecule has 2 aliphatic rings. The van der Waals surface area contributed by atoms with Gasteiger partial charge in [-0.05, 0) is 114 Å². The Morgan fingerprint density at radius 2 is 0.723 bits per heavy atom. The molecular formula is C53H36F4N4O3S. The molecule has 3 aromatic heterocycles. The Morgan fingerprint density at radius 3 is 1.08 bits per heavy atom. The molecule has 0 amide bonds. The SMILES string of the molecule is COc1ccc(-c2c3nc(c(-c4ccc(OC)cc4)c4ccc([nH]4)c(-c4c(F)c(F)c(Sc5ccccc5)c(F)c4F)c4nc(c(-c5ccc(OC)cc5)c5ccc2[nH]5)C=C4)C=C3)cc1. The van der Waals surface area contributed by atoms with Crippen molar-refractivity contribution >= 4 is 58.1 Å². The zero-order chi connectivity index (χ0) is 44.8. The summed E-state index contributed by atoms with van der Waals surface area (Å²) < 4.78 is 82.8. The standard InChI is InChI=1S/C53H36F4N4O3S/c1-62-32-15-9-29(10-16-32)44-36-21-23-38(58-36)45(30-11-17-33(63-2)18-12-30)40-25-27-42(60-40)47(48-49(54)51(56)53(52(57)50(48)55)65-35-7-5-4-6-8-35)43-28-26-41(61-43)46(39-24-22-37(44)59-39)31-13-19-34(64-3)20-14-31/h4-28,58,61H,1-3H3. The highest BCUT2D eigenvalue weighted by atomic mass is 32.2. The number of aromatic nitrogens is 4. The number of ether oxygens (including phenoxy) is 3. The van der Waals surface area contributed by atoms with Crippen LogP contribution in [0.3, 0.4) is 0 Å². The van der Waals surface area contributed by atoms with Gasteiger partial charge in [0.2, 0.25) is 0 Å². The lowest BCUT2D eigenvalue weighted by Gasteiger charge is -2.13. The molecule has 0 atom stereocenters. The van der Waals surface area contributed by atoms with Crippen LogP contribution >= 0.6 is 11.8 Å². The summed E-state index contributed by atoms with van der Waals surface area (Å²) >= 11 is 0.596. The van der Waals surface area contributed by atoms with Gasteiger partial charge in [0.1, 0.15) is 17.2 Å². The molecule has 8 bridgehead atoms. The van der Waals surface area contributed by atoms with Crippen LogP contribution in [0.4, 0.5) is 17.6 Å².